The minimum Gasteiger partial charge on any atom is -0.505 e. The second-order valence-corrected chi connectivity index (χ2v) is 7.59. The molecule has 0 fully saturated rings. The normalized spacial score (nSPS) is 11.8. The van der Waals surface area contributed by atoms with E-state index in [1.165, 1.54) is 11.1 Å². The molecule has 0 aliphatic carbocycles. The lowest BCUT2D eigenvalue weighted by Gasteiger charge is -2.13. The van der Waals surface area contributed by atoms with Crippen molar-refractivity contribution in [1.29, 1.82) is 0 Å². The first-order valence-corrected chi connectivity index (χ1v) is 10.4. The van der Waals surface area contributed by atoms with Crippen molar-refractivity contribution in [1.82, 2.24) is 5.01 Å². The van der Waals surface area contributed by atoms with Gasteiger partial charge in [-0.25, -0.2) is 0 Å². The van der Waals surface area contributed by atoms with E-state index in [4.69, 9.17) is 5.11 Å². The van der Waals surface area contributed by atoms with Crippen LogP contribution in [0.5, 0.6) is 5.75 Å². The second-order valence-electron chi connectivity index (χ2n) is 7.59. The number of para-hydroxylation sites is 1. The number of hydrogen-bond donors (Lipinski definition) is 3. The summed E-state index contributed by atoms with van der Waals surface area (Å²) in [7, 11) is 1.70. The number of phenols is 1. The zero-order valence-electron chi connectivity index (χ0n) is 18.7. The van der Waals surface area contributed by atoms with Gasteiger partial charge in [0.2, 0.25) is 0 Å². The van der Waals surface area contributed by atoms with Gasteiger partial charge in [-0.2, -0.15) is 10.2 Å². The predicted octanol–water partition coefficient (Wildman–Crippen LogP) is 3.63. The summed E-state index contributed by atoms with van der Waals surface area (Å²) in [6.07, 6.45) is 2.53. The van der Waals surface area contributed by atoms with Crippen molar-refractivity contribution >= 4 is 29.4 Å². The first-order chi connectivity index (χ1) is 15.3. The Morgan fingerprint density at radius 2 is 1.94 bits per heavy atom. The number of hydrazone groups is 2. The van der Waals surface area contributed by atoms with E-state index in [0.717, 1.165) is 12.0 Å². The van der Waals surface area contributed by atoms with Crippen LogP contribution in [0.2, 0.25) is 0 Å². The lowest BCUT2D eigenvalue weighted by Crippen LogP contribution is -2.21. The van der Waals surface area contributed by atoms with Crippen LogP contribution in [-0.2, 0) is 22.4 Å². The Bertz CT molecular complexity index is 1000. The molecule has 2 aromatic carbocycles. The van der Waals surface area contributed by atoms with Crippen molar-refractivity contribution < 1.29 is 19.8 Å². The number of nitrogens with zero attached hydrogens (tertiary/aromatic N) is 3. The minimum absolute atomic E-state index is 0.0502. The van der Waals surface area contributed by atoms with Gasteiger partial charge in [-0.15, -0.1) is 0 Å². The van der Waals surface area contributed by atoms with E-state index >= 15 is 0 Å². The maximum atomic E-state index is 11.5. The monoisotopic (exact) mass is 438 g/mol. The number of aliphatic carboxylic acids is 1. The molecule has 8 heteroatoms. The Labute approximate surface area is 188 Å². The number of rotatable bonds is 12. The molecule has 0 saturated carbocycles. The molecule has 0 unspecified atom stereocenters. The van der Waals surface area contributed by atoms with Crippen LogP contribution < -0.4 is 5.43 Å². The number of aryl methyl sites for hydroxylation is 3. The number of carbonyl (C=O) groups is 2. The molecule has 0 aliphatic rings. The molecule has 2 rings (SSSR count). The SMILES string of the molecule is CC(=N/N(C)CCCC(=O)O)/C(C=O)=N\Nc1cccc(CCc2cccc(C)c2)c1O. The van der Waals surface area contributed by atoms with Crippen LogP contribution in [0.25, 0.3) is 0 Å². The summed E-state index contributed by atoms with van der Waals surface area (Å²) in [5, 5.41) is 29.3. The largest absolute Gasteiger partial charge is 0.505 e. The molecule has 2 aromatic rings. The molecule has 0 amide bonds. The standard InChI is InChI=1S/C24H30N4O4/c1-17-7-4-8-19(15-17)12-13-20-9-5-10-21(24(20)32)25-26-22(16-29)18(2)27-28(3)14-6-11-23(30)31/h4-5,7-10,15-16,25,32H,6,11-14H2,1-3H3,(H,30,31)/b26-22-,27-18-. The fraction of sp³-hybridized carbons (Fsp3) is 0.333. The topological polar surface area (TPSA) is 115 Å². The quantitative estimate of drug-likeness (QED) is 0.202. The molecule has 0 radical (unpaired) electrons. The summed E-state index contributed by atoms with van der Waals surface area (Å²) in [6, 6.07) is 13.6. The number of benzene rings is 2. The molecule has 32 heavy (non-hydrogen) atoms. The van der Waals surface area contributed by atoms with Crippen molar-refractivity contribution in [3.8, 4) is 5.75 Å². The third-order valence-electron chi connectivity index (χ3n) is 4.86. The third kappa shape index (κ3) is 7.86. The van der Waals surface area contributed by atoms with Crippen molar-refractivity contribution in [3.05, 3.63) is 59.2 Å². The first kappa shape index (κ1) is 24.6. The highest BCUT2D eigenvalue weighted by atomic mass is 16.4. The maximum absolute atomic E-state index is 11.5. The van der Waals surface area contributed by atoms with Crippen LogP contribution in [0, 0.1) is 6.92 Å². The highest BCUT2D eigenvalue weighted by Gasteiger charge is 2.09. The Hall–Kier alpha value is -3.68. The zero-order chi connectivity index (χ0) is 23.5. The van der Waals surface area contributed by atoms with E-state index in [1.54, 1.807) is 25.0 Å². The van der Waals surface area contributed by atoms with Gasteiger partial charge >= 0.3 is 5.97 Å². The highest BCUT2D eigenvalue weighted by molar-refractivity contribution is 6.61. The number of carbonyl (C=O) groups excluding carboxylic acids is 1. The van der Waals surface area contributed by atoms with Gasteiger partial charge in [-0.05, 0) is 50.3 Å². The average molecular weight is 439 g/mol. The third-order valence-corrected chi connectivity index (χ3v) is 4.86. The molecule has 0 spiro atoms. The van der Waals surface area contributed by atoms with Crippen LogP contribution in [0.4, 0.5) is 5.69 Å². The number of aromatic hydroxyl groups is 1. The van der Waals surface area contributed by atoms with Gasteiger partial charge < -0.3 is 10.2 Å². The number of carboxylic acid groups (broad SMARTS) is 1. The molecule has 0 bridgehead atoms. The Morgan fingerprint density at radius 1 is 1.19 bits per heavy atom. The van der Waals surface area contributed by atoms with E-state index in [0.29, 0.717) is 37.1 Å². The number of carboxylic acids is 1. The molecular formula is C24H30N4O4. The summed E-state index contributed by atoms with van der Waals surface area (Å²) in [6.45, 7) is 4.13. The maximum Gasteiger partial charge on any atom is 0.303 e. The van der Waals surface area contributed by atoms with Crippen LogP contribution in [0.1, 0.15) is 36.5 Å². The Morgan fingerprint density at radius 3 is 2.62 bits per heavy atom. The summed E-state index contributed by atoms with van der Waals surface area (Å²) < 4.78 is 0. The molecule has 8 nitrogen and oxygen atoms in total. The molecular weight excluding hydrogens is 408 g/mol. The number of phenolic OH excluding ortho intramolecular Hbond substituents is 1. The van der Waals surface area contributed by atoms with Crippen molar-refractivity contribution in [2.45, 2.75) is 39.5 Å². The predicted molar refractivity (Wildman–Crippen MR) is 126 cm³/mol. The lowest BCUT2D eigenvalue weighted by molar-refractivity contribution is -0.137. The number of nitrogens with one attached hydrogen (secondary N) is 1. The summed E-state index contributed by atoms with van der Waals surface area (Å²) in [4.78, 5) is 22.1. The summed E-state index contributed by atoms with van der Waals surface area (Å²) in [5.41, 5.74) is 6.78. The van der Waals surface area contributed by atoms with Crippen molar-refractivity contribution in [2.75, 3.05) is 19.0 Å². The van der Waals surface area contributed by atoms with E-state index in [-0.39, 0.29) is 17.9 Å². The smallest absolute Gasteiger partial charge is 0.303 e. The van der Waals surface area contributed by atoms with Gasteiger partial charge in [0.1, 0.15) is 11.5 Å². The van der Waals surface area contributed by atoms with Crippen molar-refractivity contribution in [3.63, 3.8) is 0 Å². The van der Waals surface area contributed by atoms with E-state index in [9.17, 15) is 14.7 Å². The zero-order valence-corrected chi connectivity index (χ0v) is 18.7. The molecule has 0 aliphatic heterocycles. The van der Waals surface area contributed by atoms with E-state index < -0.39 is 5.97 Å². The lowest BCUT2D eigenvalue weighted by atomic mass is 10.0. The van der Waals surface area contributed by atoms with Gasteiger partial charge in [0, 0.05) is 20.0 Å². The van der Waals surface area contributed by atoms with Gasteiger partial charge in [-0.1, -0.05) is 42.0 Å². The van der Waals surface area contributed by atoms with Gasteiger partial charge in [0.15, 0.2) is 6.29 Å². The fourth-order valence-corrected chi connectivity index (χ4v) is 3.16. The number of aldehydes is 1. The second kappa shape index (κ2) is 12.2. The van der Waals surface area contributed by atoms with E-state index in [2.05, 4.69) is 27.8 Å². The van der Waals surface area contributed by atoms with E-state index in [1.807, 2.05) is 31.2 Å². The van der Waals surface area contributed by atoms with Crippen LogP contribution in [-0.4, -0.2) is 52.5 Å². The Kier molecular flexibility index (Phi) is 9.41. The summed E-state index contributed by atoms with van der Waals surface area (Å²) >= 11 is 0. The number of anilines is 1. The van der Waals surface area contributed by atoms with Gasteiger partial charge in [0.05, 0.1) is 11.4 Å². The van der Waals surface area contributed by atoms with Crippen LogP contribution >= 0.6 is 0 Å². The molecule has 3 N–H and O–H groups in total. The fourth-order valence-electron chi connectivity index (χ4n) is 3.16. The van der Waals surface area contributed by atoms with Crippen molar-refractivity contribution in [2.24, 2.45) is 10.2 Å². The Balaban J connectivity index is 2.05. The van der Waals surface area contributed by atoms with Crippen LogP contribution in [0.3, 0.4) is 0 Å². The molecule has 0 aromatic heterocycles. The highest BCUT2D eigenvalue weighted by Crippen LogP contribution is 2.28. The molecule has 0 heterocycles. The minimum atomic E-state index is -0.862. The first-order valence-electron chi connectivity index (χ1n) is 10.4. The number of hydrogen-bond acceptors (Lipinski definition) is 7. The van der Waals surface area contributed by atoms with Gasteiger partial charge in [0.25, 0.3) is 0 Å². The van der Waals surface area contributed by atoms with Crippen LogP contribution in [0.15, 0.2) is 52.7 Å². The molecule has 0 atom stereocenters. The summed E-state index contributed by atoms with van der Waals surface area (Å²) in [5.74, 6) is -0.770. The van der Waals surface area contributed by atoms with Gasteiger partial charge in [-0.3, -0.25) is 20.0 Å². The molecule has 0 saturated heterocycles. The molecule has 170 valence electrons. The average Bonchev–Trinajstić information content (AvgIpc) is 2.74.